The van der Waals surface area contributed by atoms with Crippen LogP contribution in [-0.4, -0.2) is 34.5 Å². The highest BCUT2D eigenvalue weighted by Gasteiger charge is 2.32. The Bertz CT molecular complexity index is 963. The monoisotopic (exact) mass is 416 g/mol. The second-order valence-corrected chi connectivity index (χ2v) is 7.46. The lowest BCUT2D eigenvalue weighted by molar-refractivity contribution is -0.990. The number of benzene rings is 2. The SMILES string of the molecule is COc1ccc(NC(=O)CC2SC(=Nc3ccccc3C)NC2=O)c([NH+]([O-])O)c1. The average molecular weight is 416 g/mol. The van der Waals surface area contributed by atoms with Crippen LogP contribution in [0, 0.1) is 12.1 Å². The average Bonchev–Trinajstić information content (AvgIpc) is 3.02. The number of anilines is 1. The topological polar surface area (TPSA) is 128 Å². The maximum absolute atomic E-state index is 12.4. The highest BCUT2D eigenvalue weighted by molar-refractivity contribution is 8.15. The fraction of sp³-hybridized carbons (Fsp3) is 0.211. The van der Waals surface area contributed by atoms with Gasteiger partial charge in [-0.25, -0.2) is 10.2 Å². The van der Waals surface area contributed by atoms with E-state index in [2.05, 4.69) is 15.6 Å². The number of hydrogen-bond acceptors (Lipinski definition) is 7. The molecule has 0 bridgehead atoms. The molecule has 4 N–H and O–H groups in total. The number of rotatable bonds is 6. The maximum Gasteiger partial charge on any atom is 0.240 e. The van der Waals surface area contributed by atoms with Crippen molar-refractivity contribution in [2.45, 2.75) is 18.6 Å². The van der Waals surface area contributed by atoms with Gasteiger partial charge in [0.1, 0.15) is 16.7 Å². The molecule has 2 atom stereocenters. The molecule has 10 heteroatoms. The second-order valence-electron chi connectivity index (χ2n) is 6.27. The molecular formula is C19H20N4O5S. The van der Waals surface area contributed by atoms with E-state index < -0.39 is 16.4 Å². The molecule has 2 amide bonds. The van der Waals surface area contributed by atoms with Crippen molar-refractivity contribution < 1.29 is 24.8 Å². The first kappa shape index (κ1) is 20.8. The van der Waals surface area contributed by atoms with Gasteiger partial charge in [-0.05, 0) is 30.7 Å². The van der Waals surface area contributed by atoms with Gasteiger partial charge in [0.05, 0.1) is 12.8 Å². The van der Waals surface area contributed by atoms with Crippen molar-refractivity contribution >= 4 is 45.8 Å². The Morgan fingerprint density at radius 3 is 2.83 bits per heavy atom. The van der Waals surface area contributed by atoms with Crippen LogP contribution >= 0.6 is 11.8 Å². The summed E-state index contributed by atoms with van der Waals surface area (Å²) in [5.41, 5.74) is 1.75. The van der Waals surface area contributed by atoms with E-state index >= 15 is 0 Å². The van der Waals surface area contributed by atoms with Gasteiger partial charge in [0, 0.05) is 12.5 Å². The number of nitrogens with zero attached hydrogens (tertiary/aromatic N) is 1. The maximum atomic E-state index is 12.4. The summed E-state index contributed by atoms with van der Waals surface area (Å²) in [6.45, 7) is 1.92. The molecule has 1 heterocycles. The van der Waals surface area contributed by atoms with Gasteiger partial charge in [0.15, 0.2) is 10.9 Å². The molecule has 3 rings (SSSR count). The Hall–Kier alpha value is -2.92. The Balaban J connectivity index is 1.67. The smallest absolute Gasteiger partial charge is 0.240 e. The highest BCUT2D eigenvalue weighted by Crippen LogP contribution is 2.28. The number of amidine groups is 1. The summed E-state index contributed by atoms with van der Waals surface area (Å²) < 4.78 is 5.01. The molecule has 1 aliphatic rings. The molecule has 0 aromatic heterocycles. The number of ether oxygens (including phenoxy) is 1. The Kier molecular flexibility index (Phi) is 6.49. The molecule has 0 radical (unpaired) electrons. The van der Waals surface area contributed by atoms with E-state index in [1.54, 1.807) is 6.07 Å². The molecule has 29 heavy (non-hydrogen) atoms. The highest BCUT2D eigenvalue weighted by atomic mass is 32.2. The minimum atomic E-state index is -1.19. The molecule has 0 spiro atoms. The number of amides is 2. The zero-order valence-electron chi connectivity index (χ0n) is 15.8. The number of carbonyl (C=O) groups excluding carboxylic acids is 2. The van der Waals surface area contributed by atoms with Crippen LogP contribution in [0.25, 0.3) is 0 Å². The molecule has 0 saturated carbocycles. The van der Waals surface area contributed by atoms with Crippen molar-refractivity contribution in [3.05, 3.63) is 53.2 Å². The van der Waals surface area contributed by atoms with Gasteiger partial charge in [-0.15, -0.1) is 0 Å². The molecular weight excluding hydrogens is 396 g/mol. The van der Waals surface area contributed by atoms with Gasteiger partial charge < -0.3 is 20.6 Å². The third-order valence-corrected chi connectivity index (χ3v) is 5.30. The molecule has 0 aliphatic carbocycles. The van der Waals surface area contributed by atoms with Crippen molar-refractivity contribution in [3.8, 4) is 5.75 Å². The summed E-state index contributed by atoms with van der Waals surface area (Å²) in [6.07, 6.45) is -0.117. The van der Waals surface area contributed by atoms with Crippen LogP contribution in [0.1, 0.15) is 12.0 Å². The van der Waals surface area contributed by atoms with Crippen LogP contribution in [0.2, 0.25) is 0 Å². The number of carbonyl (C=O) groups is 2. The van der Waals surface area contributed by atoms with Crippen molar-refractivity contribution in [3.63, 3.8) is 0 Å². The summed E-state index contributed by atoms with van der Waals surface area (Å²) in [5, 5.41) is 24.6. The van der Waals surface area contributed by atoms with Crippen molar-refractivity contribution in [1.29, 1.82) is 0 Å². The van der Waals surface area contributed by atoms with E-state index in [0.29, 0.717) is 10.9 Å². The summed E-state index contributed by atoms with van der Waals surface area (Å²) in [6, 6.07) is 11.8. The number of quaternary nitrogens is 1. The fourth-order valence-corrected chi connectivity index (χ4v) is 3.68. The van der Waals surface area contributed by atoms with Crippen molar-refractivity contribution in [2.75, 3.05) is 12.4 Å². The fourth-order valence-electron chi connectivity index (χ4n) is 2.70. The number of para-hydroxylation sites is 1. The second kappa shape index (κ2) is 9.05. The summed E-state index contributed by atoms with van der Waals surface area (Å²) in [7, 11) is 1.42. The quantitative estimate of drug-likeness (QED) is 0.530. The van der Waals surface area contributed by atoms with Gasteiger partial charge in [-0.2, -0.15) is 5.23 Å². The van der Waals surface area contributed by atoms with Crippen LogP contribution in [0.15, 0.2) is 47.5 Å². The Morgan fingerprint density at radius 1 is 1.38 bits per heavy atom. The van der Waals surface area contributed by atoms with Crippen LogP contribution in [0.4, 0.5) is 17.1 Å². The zero-order chi connectivity index (χ0) is 21.0. The third-order valence-electron chi connectivity index (χ3n) is 4.22. The minimum Gasteiger partial charge on any atom is -0.595 e. The van der Waals surface area contributed by atoms with Gasteiger partial charge >= 0.3 is 0 Å². The van der Waals surface area contributed by atoms with E-state index in [-0.39, 0.29) is 23.7 Å². The predicted octanol–water partition coefficient (Wildman–Crippen LogP) is 1.65. The van der Waals surface area contributed by atoms with E-state index in [1.165, 1.54) is 31.0 Å². The predicted molar refractivity (Wildman–Crippen MR) is 110 cm³/mol. The minimum absolute atomic E-state index is 0.0944. The number of hydrogen-bond donors (Lipinski definition) is 4. The zero-order valence-corrected chi connectivity index (χ0v) is 16.6. The lowest BCUT2D eigenvalue weighted by Gasteiger charge is -2.17. The first-order valence-corrected chi connectivity index (χ1v) is 9.58. The van der Waals surface area contributed by atoms with Crippen LogP contribution in [0.3, 0.4) is 0 Å². The standard InChI is InChI=1S/C19H20N4O5S/c1-11-5-3-4-6-13(11)21-19-22-18(25)16(29-19)10-17(24)20-14-8-7-12(28-2)9-15(14)23(26)27/h3-9,16,23,26H,10H2,1-2H3,(H,20,24)(H,21,22,25). The van der Waals surface area contributed by atoms with Crippen LogP contribution < -0.4 is 20.6 Å². The van der Waals surface area contributed by atoms with E-state index in [4.69, 9.17) is 4.74 Å². The van der Waals surface area contributed by atoms with Crippen LogP contribution in [0.5, 0.6) is 5.75 Å². The third kappa shape index (κ3) is 5.12. The van der Waals surface area contributed by atoms with E-state index in [0.717, 1.165) is 11.3 Å². The number of thioether (sulfide) groups is 1. The molecule has 1 fully saturated rings. The number of aryl methyl sites for hydroxylation is 1. The van der Waals surface area contributed by atoms with Gasteiger partial charge in [0.25, 0.3) is 0 Å². The van der Waals surface area contributed by atoms with E-state index in [1.807, 2.05) is 31.2 Å². The number of aliphatic imine (C=N–C) groups is 1. The van der Waals surface area contributed by atoms with Gasteiger partial charge in [0.2, 0.25) is 11.8 Å². The summed E-state index contributed by atoms with van der Waals surface area (Å²) >= 11 is 1.17. The molecule has 1 aliphatic heterocycles. The van der Waals surface area contributed by atoms with Gasteiger partial charge in [-0.1, -0.05) is 30.0 Å². The number of methoxy groups -OCH3 is 1. The lowest BCUT2D eigenvalue weighted by Crippen LogP contribution is -2.99. The largest absolute Gasteiger partial charge is 0.595 e. The molecule has 2 aromatic rings. The van der Waals surface area contributed by atoms with Crippen molar-refractivity contribution in [2.24, 2.45) is 4.99 Å². The molecule has 2 aromatic carbocycles. The Labute approximate surface area is 171 Å². The molecule has 2 unspecified atom stereocenters. The normalized spacial score (nSPS) is 18.4. The number of nitrogens with one attached hydrogen (secondary N) is 3. The van der Waals surface area contributed by atoms with Gasteiger partial charge in [-0.3, -0.25) is 9.59 Å². The summed E-state index contributed by atoms with van der Waals surface area (Å²) in [4.78, 5) is 29.0. The van der Waals surface area contributed by atoms with Crippen molar-refractivity contribution in [1.82, 2.24) is 5.32 Å². The van der Waals surface area contributed by atoms with Crippen LogP contribution in [-0.2, 0) is 9.59 Å². The Morgan fingerprint density at radius 2 is 2.14 bits per heavy atom. The molecule has 1 saturated heterocycles. The summed E-state index contributed by atoms with van der Waals surface area (Å²) in [5.74, 6) is -0.420. The first-order valence-electron chi connectivity index (χ1n) is 8.70. The van der Waals surface area contributed by atoms with E-state index in [9.17, 15) is 20.0 Å². The lowest BCUT2D eigenvalue weighted by atomic mass is 10.2. The molecule has 9 nitrogen and oxygen atoms in total. The first-order chi connectivity index (χ1) is 13.9. The molecule has 152 valence electrons.